The Hall–Kier alpha value is -2.93. The van der Waals surface area contributed by atoms with Gasteiger partial charge in [0, 0.05) is 11.5 Å². The summed E-state index contributed by atoms with van der Waals surface area (Å²) in [6.45, 7) is 0. The van der Waals surface area contributed by atoms with Crippen LogP contribution in [0.3, 0.4) is 0 Å². The van der Waals surface area contributed by atoms with Crippen molar-refractivity contribution < 1.29 is 18.7 Å². The molecule has 3 aromatic rings. The highest BCUT2D eigenvalue weighted by atomic mass is 79.9. The molecule has 0 fully saturated rings. The number of ether oxygens (including phenoxy) is 1. The van der Waals surface area contributed by atoms with E-state index in [1.54, 1.807) is 49.5 Å². The maximum Gasteiger partial charge on any atom is 0.337 e. The lowest BCUT2D eigenvalue weighted by atomic mass is 9.98. The van der Waals surface area contributed by atoms with Gasteiger partial charge in [0.1, 0.15) is 5.58 Å². The number of benzene rings is 2. The Kier molecular flexibility index (Phi) is 4.11. The molecule has 7 heteroatoms. The van der Waals surface area contributed by atoms with Crippen molar-refractivity contribution in [1.82, 2.24) is 4.90 Å². The Bertz CT molecular complexity index is 1150. The molecule has 6 nitrogen and oxygen atoms in total. The third-order valence-electron chi connectivity index (χ3n) is 4.71. The molecule has 0 saturated carbocycles. The number of carbonyl (C=O) groups excluding carboxylic acids is 2. The van der Waals surface area contributed by atoms with Gasteiger partial charge < -0.3 is 14.1 Å². The topological polar surface area (TPSA) is 76.8 Å². The summed E-state index contributed by atoms with van der Waals surface area (Å²) < 4.78 is 11.2. The van der Waals surface area contributed by atoms with Crippen LogP contribution in [-0.4, -0.2) is 30.9 Å². The Balaban J connectivity index is 1.91. The average molecular weight is 428 g/mol. The van der Waals surface area contributed by atoms with Gasteiger partial charge in [0.15, 0.2) is 5.43 Å². The summed E-state index contributed by atoms with van der Waals surface area (Å²) in [4.78, 5) is 38.9. The zero-order valence-electron chi connectivity index (χ0n) is 14.5. The molecule has 0 saturated heterocycles. The number of carbonyl (C=O) groups is 2. The first-order valence-electron chi connectivity index (χ1n) is 8.14. The van der Waals surface area contributed by atoms with Gasteiger partial charge in [-0.3, -0.25) is 9.59 Å². The van der Waals surface area contributed by atoms with Crippen molar-refractivity contribution in [2.45, 2.75) is 6.04 Å². The molecular formula is C20H14BrNO5. The molecule has 2 aromatic carbocycles. The van der Waals surface area contributed by atoms with Crippen molar-refractivity contribution in [3.8, 4) is 0 Å². The molecule has 0 radical (unpaired) electrons. The summed E-state index contributed by atoms with van der Waals surface area (Å²) >= 11 is 3.36. The van der Waals surface area contributed by atoms with Crippen LogP contribution in [0.25, 0.3) is 11.0 Å². The van der Waals surface area contributed by atoms with Crippen LogP contribution in [0, 0.1) is 0 Å². The quantitative estimate of drug-likeness (QED) is 0.584. The standard InChI is InChI=1S/C20H14BrNO5/c1-22-16(10-3-5-11(6-4-10)20(25)26-2)15-17(23)13-9-12(21)7-8-14(13)27-18(15)19(22)24/h3-9,16H,1-2H3. The van der Waals surface area contributed by atoms with Gasteiger partial charge >= 0.3 is 5.97 Å². The molecule has 1 aliphatic rings. The van der Waals surface area contributed by atoms with Crippen molar-refractivity contribution in [3.63, 3.8) is 0 Å². The molecular weight excluding hydrogens is 414 g/mol. The first kappa shape index (κ1) is 17.5. The van der Waals surface area contributed by atoms with Crippen LogP contribution in [0.5, 0.6) is 0 Å². The van der Waals surface area contributed by atoms with Crippen LogP contribution in [0.15, 0.2) is 56.1 Å². The van der Waals surface area contributed by atoms with Gasteiger partial charge in [-0.05, 0) is 35.9 Å². The highest BCUT2D eigenvalue weighted by Gasteiger charge is 2.40. The molecule has 136 valence electrons. The van der Waals surface area contributed by atoms with E-state index in [-0.39, 0.29) is 17.1 Å². The summed E-state index contributed by atoms with van der Waals surface area (Å²) in [6, 6.07) is 11.1. The van der Waals surface area contributed by atoms with E-state index in [4.69, 9.17) is 9.15 Å². The lowest BCUT2D eigenvalue weighted by molar-refractivity contribution is 0.0600. The molecule has 0 aliphatic carbocycles. The largest absolute Gasteiger partial charge is 0.465 e. The summed E-state index contributed by atoms with van der Waals surface area (Å²) in [5.74, 6) is -0.749. The normalized spacial score (nSPS) is 15.9. The highest BCUT2D eigenvalue weighted by molar-refractivity contribution is 9.10. The van der Waals surface area contributed by atoms with Crippen LogP contribution < -0.4 is 5.43 Å². The zero-order chi connectivity index (χ0) is 19.3. The molecule has 2 heterocycles. The minimum atomic E-state index is -0.584. The molecule has 0 bridgehead atoms. The van der Waals surface area contributed by atoms with E-state index < -0.39 is 12.0 Å². The predicted octanol–water partition coefficient (Wildman–Crippen LogP) is 3.52. The average Bonchev–Trinajstić information content (AvgIpc) is 2.93. The van der Waals surface area contributed by atoms with Gasteiger partial charge in [-0.15, -0.1) is 0 Å². The lowest BCUT2D eigenvalue weighted by Crippen LogP contribution is -2.25. The van der Waals surface area contributed by atoms with Crippen molar-refractivity contribution in [2.24, 2.45) is 0 Å². The maximum atomic E-state index is 13.1. The Morgan fingerprint density at radius 1 is 1.15 bits per heavy atom. The van der Waals surface area contributed by atoms with E-state index in [0.717, 1.165) is 4.47 Å². The van der Waals surface area contributed by atoms with Gasteiger partial charge in [-0.25, -0.2) is 4.79 Å². The van der Waals surface area contributed by atoms with E-state index in [0.29, 0.717) is 27.7 Å². The van der Waals surface area contributed by atoms with Gasteiger partial charge in [-0.1, -0.05) is 28.1 Å². The number of methoxy groups -OCH3 is 1. The third kappa shape index (κ3) is 2.66. The number of nitrogens with zero attached hydrogens (tertiary/aromatic N) is 1. The zero-order valence-corrected chi connectivity index (χ0v) is 16.1. The number of rotatable bonds is 2. The van der Waals surface area contributed by atoms with E-state index in [1.165, 1.54) is 12.0 Å². The van der Waals surface area contributed by atoms with Crippen LogP contribution in [-0.2, 0) is 4.74 Å². The van der Waals surface area contributed by atoms with Gasteiger partial charge in [0.05, 0.1) is 29.7 Å². The fourth-order valence-corrected chi connectivity index (χ4v) is 3.73. The van der Waals surface area contributed by atoms with Crippen LogP contribution in [0.2, 0.25) is 0 Å². The smallest absolute Gasteiger partial charge is 0.337 e. The van der Waals surface area contributed by atoms with Crippen molar-refractivity contribution in [2.75, 3.05) is 14.2 Å². The number of esters is 1. The molecule has 1 amide bonds. The minimum absolute atomic E-state index is 0.0550. The second-order valence-corrected chi connectivity index (χ2v) is 7.16. The highest BCUT2D eigenvalue weighted by Crippen LogP contribution is 2.37. The molecule has 1 aromatic heterocycles. The summed E-state index contributed by atoms with van der Waals surface area (Å²) in [7, 11) is 2.93. The lowest BCUT2D eigenvalue weighted by Gasteiger charge is -2.20. The van der Waals surface area contributed by atoms with Gasteiger partial charge in [0.25, 0.3) is 5.91 Å². The monoisotopic (exact) mass is 427 g/mol. The summed E-state index contributed by atoms with van der Waals surface area (Å²) in [5, 5.41) is 0.405. The van der Waals surface area contributed by atoms with Crippen molar-refractivity contribution >= 4 is 38.8 Å². The fourth-order valence-electron chi connectivity index (χ4n) is 3.37. The van der Waals surface area contributed by atoms with Crippen LogP contribution in [0.1, 0.15) is 38.1 Å². The molecule has 1 aliphatic heterocycles. The summed E-state index contributed by atoms with van der Waals surface area (Å²) in [6.07, 6.45) is 0. The fraction of sp³-hybridized carbons (Fsp3) is 0.150. The second-order valence-electron chi connectivity index (χ2n) is 6.25. The molecule has 0 spiro atoms. The first-order valence-corrected chi connectivity index (χ1v) is 8.93. The molecule has 0 N–H and O–H groups in total. The number of hydrogen-bond acceptors (Lipinski definition) is 5. The molecule has 4 rings (SSSR count). The van der Waals surface area contributed by atoms with Crippen LogP contribution in [0.4, 0.5) is 0 Å². The molecule has 1 atom stereocenters. The number of amides is 1. The Morgan fingerprint density at radius 2 is 1.85 bits per heavy atom. The summed E-state index contributed by atoms with van der Waals surface area (Å²) in [5.41, 5.74) is 1.53. The van der Waals surface area contributed by atoms with Gasteiger partial charge in [-0.2, -0.15) is 0 Å². The number of fused-ring (bicyclic) bond motifs is 2. The van der Waals surface area contributed by atoms with Crippen molar-refractivity contribution in [3.05, 3.63) is 79.6 Å². The number of halogens is 1. The first-order chi connectivity index (χ1) is 12.9. The number of hydrogen-bond donors (Lipinski definition) is 0. The SMILES string of the molecule is COC(=O)c1ccc(C2c3c(oc4ccc(Br)cc4c3=O)C(=O)N2C)cc1. The van der Waals surface area contributed by atoms with E-state index in [9.17, 15) is 14.4 Å². The minimum Gasteiger partial charge on any atom is -0.465 e. The van der Waals surface area contributed by atoms with E-state index >= 15 is 0 Å². The third-order valence-corrected chi connectivity index (χ3v) is 5.20. The molecule has 1 unspecified atom stereocenters. The van der Waals surface area contributed by atoms with Gasteiger partial charge in [0.2, 0.25) is 5.76 Å². The second kappa shape index (κ2) is 6.35. The predicted molar refractivity (Wildman–Crippen MR) is 102 cm³/mol. The maximum absolute atomic E-state index is 13.1. The Labute approximate surface area is 162 Å². The van der Waals surface area contributed by atoms with Crippen LogP contribution >= 0.6 is 15.9 Å². The van der Waals surface area contributed by atoms with E-state index in [1.807, 2.05) is 0 Å². The van der Waals surface area contributed by atoms with E-state index in [2.05, 4.69) is 15.9 Å². The van der Waals surface area contributed by atoms with Crippen molar-refractivity contribution in [1.29, 1.82) is 0 Å². The molecule has 27 heavy (non-hydrogen) atoms. The Morgan fingerprint density at radius 3 is 2.52 bits per heavy atom.